The van der Waals surface area contributed by atoms with Crippen LogP contribution in [0.15, 0.2) is 48.5 Å². The number of rotatable bonds is 0. The molecule has 0 spiro atoms. The number of anilines is 2. The third kappa shape index (κ3) is 27.7. The van der Waals surface area contributed by atoms with E-state index in [-0.39, 0.29) is 0 Å². The van der Waals surface area contributed by atoms with E-state index in [9.17, 15) is 0 Å². The summed E-state index contributed by atoms with van der Waals surface area (Å²) in [6.07, 6.45) is 34.1. The van der Waals surface area contributed by atoms with Gasteiger partial charge in [0.2, 0.25) is 0 Å². The lowest BCUT2D eigenvalue weighted by molar-refractivity contribution is 0.0841. The van der Waals surface area contributed by atoms with Gasteiger partial charge in [0, 0.05) is 57.7 Å². The van der Waals surface area contributed by atoms with E-state index in [1.807, 2.05) is 0 Å². The first-order valence-corrected chi connectivity index (χ1v) is 29.9. The minimum Gasteiger partial charge on any atom is -0.374 e. The van der Waals surface area contributed by atoms with Gasteiger partial charge in [0.25, 0.3) is 0 Å². The van der Waals surface area contributed by atoms with Crippen molar-refractivity contribution >= 4 is 11.4 Å². The first kappa shape index (κ1) is 61.3. The molecule has 1 saturated carbocycles. The summed E-state index contributed by atoms with van der Waals surface area (Å²) in [4.78, 5) is 21.4. The van der Waals surface area contributed by atoms with Crippen LogP contribution in [0.5, 0.6) is 0 Å². The number of hydrogen-bond donors (Lipinski definition) is 0. The molecular weight excluding hydrogens is 871 g/mol. The van der Waals surface area contributed by atoms with E-state index in [2.05, 4.69) is 156 Å². The SMILES string of the molecule is CN1CC1.CN1CCC1.CN1CCCC1.CN1CCCC2CCCCC21.CN1CCCCC1.CN1CCCCCC1.CN1CCCCCCC1.CN1CCCc2ccccc21.CN1CCc2ccccc21. The van der Waals surface area contributed by atoms with Gasteiger partial charge in [-0.1, -0.05) is 87.8 Å². The Bertz CT molecular complexity index is 1550. The fourth-order valence-electron chi connectivity index (χ4n) is 11.2. The van der Waals surface area contributed by atoms with Gasteiger partial charge in [0.15, 0.2) is 0 Å². The van der Waals surface area contributed by atoms with E-state index in [0.717, 1.165) is 12.0 Å². The van der Waals surface area contributed by atoms with Crippen molar-refractivity contribution in [2.45, 2.75) is 160 Å². The van der Waals surface area contributed by atoms with Gasteiger partial charge in [-0.15, -0.1) is 0 Å². The van der Waals surface area contributed by atoms with Crippen LogP contribution in [0, 0.1) is 5.92 Å². The highest BCUT2D eigenvalue weighted by Gasteiger charge is 2.30. The largest absolute Gasteiger partial charge is 0.374 e. The Morgan fingerprint density at radius 3 is 1.01 bits per heavy atom. The molecule has 10 aliphatic rings. The first-order chi connectivity index (χ1) is 34.5. The topological polar surface area (TPSA) is 28.9 Å². The second-order valence-corrected chi connectivity index (χ2v) is 23.3. The van der Waals surface area contributed by atoms with Gasteiger partial charge in [-0.3, -0.25) is 0 Å². The molecule has 8 fully saturated rings. The Labute approximate surface area is 441 Å². The molecule has 71 heavy (non-hydrogen) atoms. The molecule has 0 N–H and O–H groups in total. The van der Waals surface area contributed by atoms with Gasteiger partial charge in [-0.2, -0.15) is 0 Å². The molecule has 9 aliphatic heterocycles. The minimum atomic E-state index is 0.956. The van der Waals surface area contributed by atoms with Crippen molar-refractivity contribution in [3.05, 3.63) is 59.7 Å². The van der Waals surface area contributed by atoms with Crippen molar-refractivity contribution in [3.63, 3.8) is 0 Å². The van der Waals surface area contributed by atoms with Gasteiger partial charge < -0.3 is 44.1 Å². The quantitative estimate of drug-likeness (QED) is 0.240. The molecule has 12 rings (SSSR count). The van der Waals surface area contributed by atoms with Crippen molar-refractivity contribution in [2.24, 2.45) is 5.92 Å². The summed E-state index contributed by atoms with van der Waals surface area (Å²) >= 11 is 0. The normalized spacial score (nSPS) is 24.9. The Kier molecular flexibility index (Phi) is 32.4. The number of piperidine rings is 2. The predicted molar refractivity (Wildman–Crippen MR) is 313 cm³/mol. The van der Waals surface area contributed by atoms with Crippen LogP contribution in [0.2, 0.25) is 0 Å². The number of fused-ring (bicyclic) bond motifs is 3. The highest BCUT2D eigenvalue weighted by atomic mass is 15.2. The predicted octanol–water partition coefficient (Wildman–Crippen LogP) is 11.5. The van der Waals surface area contributed by atoms with Crippen LogP contribution in [0.1, 0.15) is 152 Å². The summed E-state index contributed by atoms with van der Waals surface area (Å²) in [6.45, 7) is 19.6. The maximum Gasteiger partial charge on any atom is 0.0396 e. The molecule has 2 unspecified atom stereocenters. The zero-order chi connectivity index (χ0) is 50.9. The smallest absolute Gasteiger partial charge is 0.0396 e. The van der Waals surface area contributed by atoms with Crippen molar-refractivity contribution in [2.75, 3.05) is 171 Å². The lowest BCUT2D eigenvalue weighted by Crippen LogP contribution is -2.44. The van der Waals surface area contributed by atoms with Gasteiger partial charge in [0.1, 0.15) is 0 Å². The monoisotopic (exact) mass is 986 g/mol. The average Bonchev–Trinajstić information content (AvgIpc) is 3.95. The molecule has 1 aliphatic carbocycles. The molecule has 408 valence electrons. The van der Waals surface area contributed by atoms with Crippen LogP contribution in [0.4, 0.5) is 11.4 Å². The molecular formula is C62H115N9. The van der Waals surface area contributed by atoms with Crippen LogP contribution in [0.3, 0.4) is 0 Å². The van der Waals surface area contributed by atoms with E-state index in [1.54, 1.807) is 0 Å². The van der Waals surface area contributed by atoms with E-state index >= 15 is 0 Å². The molecule has 0 amide bonds. The third-order valence-corrected chi connectivity index (χ3v) is 16.6. The molecule has 9 heterocycles. The third-order valence-electron chi connectivity index (χ3n) is 16.6. The Morgan fingerprint density at radius 2 is 0.620 bits per heavy atom. The van der Waals surface area contributed by atoms with E-state index in [4.69, 9.17) is 0 Å². The number of hydrogen-bond acceptors (Lipinski definition) is 9. The lowest BCUT2D eigenvalue weighted by atomic mass is 9.79. The van der Waals surface area contributed by atoms with Crippen LogP contribution in [-0.4, -0.2) is 202 Å². The molecule has 2 atom stereocenters. The maximum atomic E-state index is 2.59. The average molecular weight is 987 g/mol. The second-order valence-electron chi connectivity index (χ2n) is 23.3. The highest BCUT2D eigenvalue weighted by Crippen LogP contribution is 2.34. The molecule has 0 radical (unpaired) electrons. The summed E-state index contributed by atoms with van der Waals surface area (Å²) < 4.78 is 0. The molecule has 0 aromatic heterocycles. The zero-order valence-corrected chi connectivity index (χ0v) is 48.4. The van der Waals surface area contributed by atoms with Crippen molar-refractivity contribution in [3.8, 4) is 0 Å². The van der Waals surface area contributed by atoms with Crippen LogP contribution >= 0.6 is 0 Å². The summed E-state index contributed by atoms with van der Waals surface area (Å²) in [5, 5.41) is 0. The van der Waals surface area contributed by atoms with Crippen LogP contribution < -0.4 is 9.80 Å². The number of nitrogens with zero attached hydrogens (tertiary/aromatic N) is 9. The fraction of sp³-hybridized carbons (Fsp3) is 0.806. The summed E-state index contributed by atoms with van der Waals surface area (Å²) in [5.41, 5.74) is 5.81. The fourth-order valence-corrected chi connectivity index (χ4v) is 11.2. The molecule has 7 saturated heterocycles. The first-order valence-electron chi connectivity index (χ1n) is 29.9. The summed E-state index contributed by atoms with van der Waals surface area (Å²) in [5.74, 6) is 1.06. The van der Waals surface area contributed by atoms with Gasteiger partial charge in [0.05, 0.1) is 0 Å². The number of benzene rings is 2. The maximum absolute atomic E-state index is 2.59. The summed E-state index contributed by atoms with van der Waals surface area (Å²) in [6, 6.07) is 18.2. The number of likely N-dealkylation sites (tertiary alicyclic amines) is 6. The van der Waals surface area contributed by atoms with Crippen molar-refractivity contribution in [1.29, 1.82) is 0 Å². The molecule has 2 aromatic rings. The number of likely N-dealkylation sites (N-methyl/N-ethyl adjacent to an activating group) is 2. The lowest BCUT2D eigenvalue weighted by Gasteiger charge is -2.42. The van der Waals surface area contributed by atoms with E-state index < -0.39 is 0 Å². The van der Waals surface area contributed by atoms with E-state index in [1.165, 1.54) is 275 Å². The standard InChI is InChI=1S/C10H19N.C10H13N.C9H11N.C8H17N.C7H15N.C6H13N.C5H11N.C4H9N.C3H7N/c2*1-11-8-4-6-9-5-2-3-7-10(9)11;1-10-7-6-8-4-2-3-5-9(8)10;1-9-7-5-3-2-4-6-8-9;1-8-6-4-2-3-5-7-8;1-7-5-3-2-4-6-7;1-6-4-2-3-5-6;1-5-3-2-4-5;1-4-2-3-4/h9-10H,2-8H2,1H3;2-3,5,7H,4,6,8H2,1H3;2-5H,6-7H2,1H3;2-8H2,1H3;2-7H2,1H3;2-6H2,1H3;2-5H2,1H3;2-4H2,1H3;2-3H2,1H3. The second kappa shape index (κ2) is 37.5. The van der Waals surface area contributed by atoms with Gasteiger partial charge in [-0.05, 0) is 253 Å². The van der Waals surface area contributed by atoms with Crippen LogP contribution in [0.25, 0.3) is 0 Å². The van der Waals surface area contributed by atoms with Gasteiger partial charge >= 0.3 is 0 Å². The molecule has 0 bridgehead atoms. The molecule has 2 aromatic carbocycles. The highest BCUT2D eigenvalue weighted by molar-refractivity contribution is 5.57. The van der Waals surface area contributed by atoms with Crippen molar-refractivity contribution in [1.82, 2.24) is 34.3 Å². The minimum absolute atomic E-state index is 0.956. The van der Waals surface area contributed by atoms with E-state index in [0.29, 0.717) is 0 Å². The van der Waals surface area contributed by atoms with Crippen LogP contribution in [-0.2, 0) is 12.8 Å². The molecule has 9 heteroatoms. The summed E-state index contributed by atoms with van der Waals surface area (Å²) in [7, 11) is 19.7. The Hall–Kier alpha value is -2.24. The van der Waals surface area contributed by atoms with Crippen molar-refractivity contribution < 1.29 is 0 Å². The number of para-hydroxylation sites is 2. The zero-order valence-electron chi connectivity index (χ0n) is 48.4. The molecule has 9 nitrogen and oxygen atoms in total. The number of aryl methyl sites for hydroxylation is 1. The van der Waals surface area contributed by atoms with Gasteiger partial charge in [-0.25, -0.2) is 0 Å². The Morgan fingerprint density at radius 1 is 0.282 bits per heavy atom. The Balaban J connectivity index is 0.000000176.